The second-order valence-corrected chi connectivity index (χ2v) is 4.35. The molecular weight excluding hydrogens is 271 g/mol. The average molecular weight is 281 g/mol. The van der Waals surface area contributed by atoms with E-state index in [-0.39, 0.29) is 17.1 Å². The fourth-order valence-corrected chi connectivity index (χ4v) is 2.00. The molecule has 0 bridgehead atoms. The number of halogens is 2. The highest BCUT2D eigenvalue weighted by atomic mass is 35.5. The minimum atomic E-state index is -1.11. The smallest absolute Gasteiger partial charge is 0.312 e. The molecule has 0 saturated heterocycles. The van der Waals surface area contributed by atoms with E-state index in [0.29, 0.717) is 5.56 Å². The maximum atomic E-state index is 13.6. The largest absolute Gasteiger partial charge is 0.481 e. The minimum absolute atomic E-state index is 0.0151. The Bertz CT molecular complexity index is 607. The molecule has 98 valence electrons. The second kappa shape index (κ2) is 5.75. The predicted molar refractivity (Wildman–Crippen MR) is 67.5 cm³/mol. The molecule has 0 saturated carbocycles. The first-order chi connectivity index (χ1) is 9.09. The normalized spacial score (nSPS) is 12.1. The Morgan fingerprint density at radius 2 is 2.16 bits per heavy atom. The van der Waals surface area contributed by atoms with Crippen molar-refractivity contribution in [3.63, 3.8) is 0 Å². The van der Waals surface area contributed by atoms with Crippen LogP contribution in [-0.4, -0.2) is 21.0 Å². The summed E-state index contributed by atoms with van der Waals surface area (Å²) in [5.41, 5.74) is 0.497. The molecule has 1 N–H and O–H groups in total. The highest BCUT2D eigenvalue weighted by Gasteiger charge is 2.25. The Kier molecular flexibility index (Phi) is 4.06. The van der Waals surface area contributed by atoms with Crippen molar-refractivity contribution >= 4 is 17.6 Å². The van der Waals surface area contributed by atoms with E-state index in [9.17, 15) is 14.3 Å². The molecule has 1 unspecified atom stereocenters. The molecule has 0 spiro atoms. The molecule has 1 heterocycles. The number of carbonyl (C=O) groups is 1. The maximum absolute atomic E-state index is 13.6. The highest BCUT2D eigenvalue weighted by Crippen LogP contribution is 2.26. The number of nitrogens with zero attached hydrogens (tertiary/aromatic N) is 2. The summed E-state index contributed by atoms with van der Waals surface area (Å²) in [6.07, 6.45) is 2.53. The van der Waals surface area contributed by atoms with E-state index in [4.69, 9.17) is 11.6 Å². The molecule has 19 heavy (non-hydrogen) atoms. The van der Waals surface area contributed by atoms with Gasteiger partial charge in [0.05, 0.1) is 10.7 Å². The molecule has 2 aromatic rings. The Hall–Kier alpha value is -2.01. The summed E-state index contributed by atoms with van der Waals surface area (Å²) in [5.74, 6) is -2.56. The zero-order chi connectivity index (χ0) is 13.8. The molecule has 0 aliphatic carbocycles. The van der Waals surface area contributed by atoms with E-state index < -0.39 is 17.7 Å². The lowest BCUT2D eigenvalue weighted by molar-refractivity contribution is -0.138. The van der Waals surface area contributed by atoms with E-state index in [1.54, 1.807) is 18.2 Å². The van der Waals surface area contributed by atoms with Gasteiger partial charge in [0.2, 0.25) is 0 Å². The fraction of sp³-hybridized carbons (Fsp3) is 0.154. The van der Waals surface area contributed by atoms with Crippen molar-refractivity contribution in [1.29, 1.82) is 0 Å². The van der Waals surface area contributed by atoms with Crippen molar-refractivity contribution < 1.29 is 14.3 Å². The summed E-state index contributed by atoms with van der Waals surface area (Å²) >= 11 is 5.89. The number of carboxylic acid groups (broad SMARTS) is 1. The molecular formula is C13H10ClFN2O2. The van der Waals surface area contributed by atoms with Gasteiger partial charge in [0.25, 0.3) is 0 Å². The Balaban J connectivity index is 2.35. The van der Waals surface area contributed by atoms with Crippen LogP contribution in [0.1, 0.15) is 17.2 Å². The van der Waals surface area contributed by atoms with Gasteiger partial charge in [0, 0.05) is 6.20 Å². The number of hydrogen-bond donors (Lipinski definition) is 1. The van der Waals surface area contributed by atoms with E-state index >= 15 is 0 Å². The summed E-state index contributed by atoms with van der Waals surface area (Å²) in [6.45, 7) is 0. The lowest BCUT2D eigenvalue weighted by Gasteiger charge is -2.13. The standard InChI is InChI=1S/C13H10ClFN2O2/c14-10-6-16-7-17-12(10)9(13(18)19)5-8-3-1-2-4-11(8)15/h1-4,6-7,9H,5H2,(H,18,19). The first-order valence-electron chi connectivity index (χ1n) is 5.51. The molecule has 6 heteroatoms. The van der Waals surface area contributed by atoms with Crippen molar-refractivity contribution in [2.75, 3.05) is 0 Å². The Morgan fingerprint density at radius 3 is 2.79 bits per heavy atom. The average Bonchev–Trinajstić information content (AvgIpc) is 2.38. The van der Waals surface area contributed by atoms with Crippen LogP contribution in [-0.2, 0) is 11.2 Å². The van der Waals surface area contributed by atoms with Crippen molar-refractivity contribution in [2.24, 2.45) is 0 Å². The third-order valence-electron chi connectivity index (χ3n) is 2.71. The topological polar surface area (TPSA) is 63.1 Å². The van der Waals surface area contributed by atoms with Gasteiger partial charge in [0.1, 0.15) is 18.1 Å². The van der Waals surface area contributed by atoms with Crippen LogP contribution in [0.2, 0.25) is 5.02 Å². The van der Waals surface area contributed by atoms with Crippen LogP contribution in [0.4, 0.5) is 4.39 Å². The summed E-state index contributed by atoms with van der Waals surface area (Å²) in [5, 5.41) is 9.42. The van der Waals surface area contributed by atoms with Crippen molar-refractivity contribution in [1.82, 2.24) is 9.97 Å². The van der Waals surface area contributed by atoms with Gasteiger partial charge in [-0.2, -0.15) is 0 Å². The lowest BCUT2D eigenvalue weighted by atomic mass is 9.95. The SMILES string of the molecule is O=C(O)C(Cc1ccccc1F)c1ncncc1Cl. The summed E-state index contributed by atoms with van der Waals surface area (Å²) in [7, 11) is 0. The molecule has 0 aliphatic heterocycles. The van der Waals surface area contributed by atoms with Crippen molar-refractivity contribution in [3.05, 3.63) is 58.9 Å². The molecule has 0 radical (unpaired) electrons. The summed E-state index contributed by atoms with van der Waals surface area (Å²) in [6, 6.07) is 6.03. The molecule has 4 nitrogen and oxygen atoms in total. The Labute approximate surface area is 113 Å². The fourth-order valence-electron chi connectivity index (χ4n) is 1.76. The van der Waals surface area contributed by atoms with Gasteiger partial charge in [-0.25, -0.2) is 14.4 Å². The third kappa shape index (κ3) is 3.06. The zero-order valence-corrected chi connectivity index (χ0v) is 10.5. The number of rotatable bonds is 4. The van der Waals surface area contributed by atoms with Crippen LogP contribution in [0.15, 0.2) is 36.8 Å². The molecule has 2 rings (SSSR count). The van der Waals surface area contributed by atoms with Gasteiger partial charge in [-0.15, -0.1) is 0 Å². The number of aliphatic carboxylic acids is 1. The van der Waals surface area contributed by atoms with Crippen molar-refractivity contribution in [3.8, 4) is 0 Å². The monoisotopic (exact) mass is 280 g/mol. The summed E-state index contributed by atoms with van der Waals surface area (Å²) < 4.78 is 13.6. The first-order valence-corrected chi connectivity index (χ1v) is 5.89. The molecule has 0 amide bonds. The predicted octanol–water partition coefficient (Wildman–Crippen LogP) is 2.68. The molecule has 1 aromatic carbocycles. The van der Waals surface area contributed by atoms with Gasteiger partial charge in [0.15, 0.2) is 0 Å². The molecule has 0 fully saturated rings. The second-order valence-electron chi connectivity index (χ2n) is 3.94. The number of benzene rings is 1. The van der Waals surface area contributed by atoms with Gasteiger partial charge < -0.3 is 5.11 Å². The van der Waals surface area contributed by atoms with Gasteiger partial charge >= 0.3 is 5.97 Å². The van der Waals surface area contributed by atoms with E-state index in [0.717, 1.165) is 0 Å². The van der Waals surface area contributed by atoms with Crippen LogP contribution in [0, 0.1) is 5.82 Å². The van der Waals surface area contributed by atoms with Gasteiger partial charge in [-0.1, -0.05) is 29.8 Å². The van der Waals surface area contributed by atoms with Gasteiger partial charge in [-0.05, 0) is 18.1 Å². The third-order valence-corrected chi connectivity index (χ3v) is 3.00. The quantitative estimate of drug-likeness (QED) is 0.935. The molecule has 1 atom stereocenters. The minimum Gasteiger partial charge on any atom is -0.481 e. The summed E-state index contributed by atoms with van der Waals surface area (Å²) in [4.78, 5) is 18.9. The highest BCUT2D eigenvalue weighted by molar-refractivity contribution is 6.31. The number of hydrogen-bond acceptors (Lipinski definition) is 3. The van der Waals surface area contributed by atoms with Crippen LogP contribution < -0.4 is 0 Å². The Morgan fingerprint density at radius 1 is 1.42 bits per heavy atom. The number of aromatic nitrogens is 2. The molecule has 0 aliphatic rings. The van der Waals surface area contributed by atoms with Crippen LogP contribution >= 0.6 is 11.6 Å². The van der Waals surface area contributed by atoms with Gasteiger partial charge in [-0.3, -0.25) is 4.79 Å². The van der Waals surface area contributed by atoms with E-state index in [2.05, 4.69) is 9.97 Å². The van der Waals surface area contributed by atoms with Crippen LogP contribution in [0.3, 0.4) is 0 Å². The number of carboxylic acids is 1. The zero-order valence-electron chi connectivity index (χ0n) is 9.75. The van der Waals surface area contributed by atoms with Crippen molar-refractivity contribution in [2.45, 2.75) is 12.3 Å². The maximum Gasteiger partial charge on any atom is 0.312 e. The van der Waals surface area contributed by atoms with E-state index in [1.807, 2.05) is 0 Å². The molecule has 1 aromatic heterocycles. The van der Waals surface area contributed by atoms with Crippen LogP contribution in [0.25, 0.3) is 0 Å². The lowest BCUT2D eigenvalue weighted by Crippen LogP contribution is -2.17. The van der Waals surface area contributed by atoms with Crippen LogP contribution in [0.5, 0.6) is 0 Å². The van der Waals surface area contributed by atoms with E-state index in [1.165, 1.54) is 18.6 Å². The first kappa shape index (κ1) is 13.4.